The second kappa shape index (κ2) is 7.99. The SMILES string of the molecule is CC(C)[C@H](C(=O)NCCC1CCCN1C)N(C)C(C)C. The van der Waals surface area contributed by atoms with E-state index in [1.807, 2.05) is 7.05 Å². The van der Waals surface area contributed by atoms with E-state index in [4.69, 9.17) is 0 Å². The highest BCUT2D eigenvalue weighted by molar-refractivity contribution is 5.82. The Bertz CT molecular complexity index is 304. The zero-order valence-corrected chi connectivity index (χ0v) is 14.1. The van der Waals surface area contributed by atoms with Crippen molar-refractivity contribution in [2.45, 2.75) is 65.1 Å². The van der Waals surface area contributed by atoms with Crippen LogP contribution in [-0.2, 0) is 4.79 Å². The zero-order valence-electron chi connectivity index (χ0n) is 14.1. The number of nitrogens with one attached hydrogen (secondary N) is 1. The number of amides is 1. The van der Waals surface area contributed by atoms with Crippen LogP contribution in [0.5, 0.6) is 0 Å². The lowest BCUT2D eigenvalue weighted by Crippen LogP contribution is -2.51. The van der Waals surface area contributed by atoms with Crippen molar-refractivity contribution in [2.24, 2.45) is 5.92 Å². The summed E-state index contributed by atoms with van der Waals surface area (Å²) in [5.41, 5.74) is 0. The molecule has 4 heteroatoms. The summed E-state index contributed by atoms with van der Waals surface area (Å²) in [4.78, 5) is 17.0. The maximum Gasteiger partial charge on any atom is 0.237 e. The molecule has 0 aromatic carbocycles. The molecule has 20 heavy (non-hydrogen) atoms. The van der Waals surface area contributed by atoms with Gasteiger partial charge in [-0.25, -0.2) is 0 Å². The number of hydrogen-bond acceptors (Lipinski definition) is 3. The Morgan fingerprint density at radius 3 is 2.45 bits per heavy atom. The van der Waals surface area contributed by atoms with E-state index < -0.39 is 0 Å². The molecule has 1 heterocycles. The van der Waals surface area contributed by atoms with Gasteiger partial charge in [-0.05, 0) is 59.7 Å². The molecule has 0 aliphatic carbocycles. The number of carbonyl (C=O) groups is 1. The van der Waals surface area contributed by atoms with Gasteiger partial charge in [0.15, 0.2) is 0 Å². The lowest BCUT2D eigenvalue weighted by molar-refractivity contribution is -0.128. The summed E-state index contributed by atoms with van der Waals surface area (Å²) in [6.45, 7) is 10.5. The molecule has 0 aromatic heterocycles. The molecular weight excluding hydrogens is 250 g/mol. The molecule has 1 aliphatic rings. The third kappa shape index (κ3) is 4.74. The summed E-state index contributed by atoms with van der Waals surface area (Å²) in [6.07, 6.45) is 3.63. The van der Waals surface area contributed by atoms with Gasteiger partial charge in [0.2, 0.25) is 5.91 Å². The number of likely N-dealkylation sites (N-methyl/N-ethyl adjacent to an activating group) is 1. The first-order valence-electron chi connectivity index (χ1n) is 8.04. The second-order valence-electron chi connectivity index (χ2n) is 6.80. The van der Waals surface area contributed by atoms with Gasteiger partial charge in [0.25, 0.3) is 0 Å². The van der Waals surface area contributed by atoms with Crippen molar-refractivity contribution in [3.63, 3.8) is 0 Å². The van der Waals surface area contributed by atoms with E-state index in [1.54, 1.807) is 0 Å². The maximum absolute atomic E-state index is 12.4. The Kier molecular flexibility index (Phi) is 6.96. The third-order valence-corrected chi connectivity index (χ3v) is 4.60. The fraction of sp³-hybridized carbons (Fsp3) is 0.938. The van der Waals surface area contributed by atoms with Gasteiger partial charge in [-0.2, -0.15) is 0 Å². The average molecular weight is 283 g/mol. The highest BCUT2D eigenvalue weighted by Gasteiger charge is 2.28. The van der Waals surface area contributed by atoms with Crippen LogP contribution in [0.25, 0.3) is 0 Å². The molecule has 2 atom stereocenters. The summed E-state index contributed by atoms with van der Waals surface area (Å²) >= 11 is 0. The van der Waals surface area contributed by atoms with Crippen molar-refractivity contribution in [3.05, 3.63) is 0 Å². The summed E-state index contributed by atoms with van der Waals surface area (Å²) in [7, 11) is 4.22. The fourth-order valence-corrected chi connectivity index (χ4v) is 3.09. The molecule has 118 valence electrons. The predicted octanol–water partition coefficient (Wildman–Crippen LogP) is 1.95. The molecule has 1 saturated heterocycles. The molecule has 1 rings (SSSR count). The maximum atomic E-state index is 12.4. The van der Waals surface area contributed by atoms with Gasteiger partial charge in [0.05, 0.1) is 6.04 Å². The average Bonchev–Trinajstić information content (AvgIpc) is 2.74. The molecule has 0 saturated carbocycles. The normalized spacial score (nSPS) is 21.9. The van der Waals surface area contributed by atoms with Gasteiger partial charge >= 0.3 is 0 Å². The second-order valence-corrected chi connectivity index (χ2v) is 6.80. The van der Waals surface area contributed by atoms with Gasteiger partial charge in [-0.1, -0.05) is 13.8 Å². The first-order valence-corrected chi connectivity index (χ1v) is 8.04. The first kappa shape index (κ1) is 17.4. The van der Waals surface area contributed by atoms with Gasteiger partial charge in [-0.15, -0.1) is 0 Å². The Hall–Kier alpha value is -0.610. The number of likely N-dealkylation sites (tertiary alicyclic amines) is 1. The molecular formula is C16H33N3O. The van der Waals surface area contributed by atoms with Gasteiger partial charge in [0, 0.05) is 18.6 Å². The lowest BCUT2D eigenvalue weighted by atomic mass is 10.0. The number of carbonyl (C=O) groups excluding carboxylic acids is 1. The van der Waals surface area contributed by atoms with E-state index >= 15 is 0 Å². The van der Waals surface area contributed by atoms with E-state index in [2.05, 4.69) is 49.9 Å². The molecule has 1 fully saturated rings. The minimum Gasteiger partial charge on any atom is -0.355 e. The standard InChI is InChI=1S/C16H33N3O/c1-12(2)15(19(6)13(3)4)16(20)17-10-9-14-8-7-11-18(14)5/h12-15H,7-11H2,1-6H3,(H,17,20)/t14?,15-/m1/s1. The largest absolute Gasteiger partial charge is 0.355 e. The quantitative estimate of drug-likeness (QED) is 0.776. The number of rotatable bonds is 7. The minimum absolute atomic E-state index is 0.0312. The van der Waals surface area contributed by atoms with Crippen molar-refractivity contribution in [1.82, 2.24) is 15.1 Å². The molecule has 1 unspecified atom stereocenters. The van der Waals surface area contributed by atoms with Crippen LogP contribution in [0, 0.1) is 5.92 Å². The smallest absolute Gasteiger partial charge is 0.237 e. The van der Waals surface area contributed by atoms with Crippen LogP contribution in [0.2, 0.25) is 0 Å². The van der Waals surface area contributed by atoms with E-state index in [9.17, 15) is 4.79 Å². The Morgan fingerprint density at radius 2 is 2.00 bits per heavy atom. The van der Waals surface area contributed by atoms with Crippen LogP contribution in [0.15, 0.2) is 0 Å². The van der Waals surface area contributed by atoms with Gasteiger partial charge in [0.1, 0.15) is 0 Å². The number of nitrogens with zero attached hydrogens (tertiary/aromatic N) is 2. The molecule has 1 N–H and O–H groups in total. The molecule has 0 aromatic rings. The highest BCUT2D eigenvalue weighted by atomic mass is 16.2. The zero-order chi connectivity index (χ0) is 15.3. The van der Waals surface area contributed by atoms with Crippen LogP contribution < -0.4 is 5.32 Å². The molecule has 0 radical (unpaired) electrons. The van der Waals surface area contributed by atoms with Gasteiger partial charge < -0.3 is 10.2 Å². The molecule has 1 amide bonds. The lowest BCUT2D eigenvalue weighted by Gasteiger charge is -2.33. The van der Waals surface area contributed by atoms with Crippen molar-refractivity contribution >= 4 is 5.91 Å². The summed E-state index contributed by atoms with van der Waals surface area (Å²) in [6, 6.07) is 1.00. The van der Waals surface area contributed by atoms with E-state index in [-0.39, 0.29) is 11.9 Å². The van der Waals surface area contributed by atoms with Crippen LogP contribution in [0.4, 0.5) is 0 Å². The first-order chi connectivity index (χ1) is 9.34. The molecule has 0 spiro atoms. The van der Waals surface area contributed by atoms with Crippen LogP contribution in [-0.4, -0.2) is 61.0 Å². The minimum atomic E-state index is -0.0312. The Morgan fingerprint density at radius 1 is 1.35 bits per heavy atom. The van der Waals surface area contributed by atoms with Crippen LogP contribution >= 0.6 is 0 Å². The highest BCUT2D eigenvalue weighted by Crippen LogP contribution is 2.17. The molecule has 4 nitrogen and oxygen atoms in total. The predicted molar refractivity (Wildman–Crippen MR) is 84.8 cm³/mol. The summed E-state index contributed by atoms with van der Waals surface area (Å²) in [5.74, 6) is 0.508. The summed E-state index contributed by atoms with van der Waals surface area (Å²) in [5, 5.41) is 3.14. The van der Waals surface area contributed by atoms with E-state index in [0.717, 1.165) is 13.0 Å². The van der Waals surface area contributed by atoms with Crippen molar-refractivity contribution in [3.8, 4) is 0 Å². The van der Waals surface area contributed by atoms with Crippen LogP contribution in [0.3, 0.4) is 0 Å². The molecule has 1 aliphatic heterocycles. The van der Waals surface area contributed by atoms with Crippen molar-refractivity contribution < 1.29 is 4.79 Å². The van der Waals surface area contributed by atoms with E-state index in [1.165, 1.54) is 19.4 Å². The topological polar surface area (TPSA) is 35.6 Å². The summed E-state index contributed by atoms with van der Waals surface area (Å²) < 4.78 is 0. The Labute approximate surface area is 124 Å². The third-order valence-electron chi connectivity index (χ3n) is 4.60. The van der Waals surface area contributed by atoms with E-state index in [0.29, 0.717) is 18.0 Å². The van der Waals surface area contributed by atoms with Gasteiger partial charge in [-0.3, -0.25) is 9.69 Å². The van der Waals surface area contributed by atoms with Crippen LogP contribution in [0.1, 0.15) is 47.0 Å². The fourth-order valence-electron chi connectivity index (χ4n) is 3.09. The number of hydrogen-bond donors (Lipinski definition) is 1. The monoisotopic (exact) mass is 283 g/mol. The Balaban J connectivity index is 2.42. The molecule has 0 bridgehead atoms. The van der Waals surface area contributed by atoms with Crippen molar-refractivity contribution in [1.29, 1.82) is 0 Å². The van der Waals surface area contributed by atoms with Crippen molar-refractivity contribution in [2.75, 3.05) is 27.2 Å².